The van der Waals surface area contributed by atoms with E-state index in [2.05, 4.69) is 5.32 Å². The summed E-state index contributed by atoms with van der Waals surface area (Å²) in [6.07, 6.45) is 2.37. The lowest BCUT2D eigenvalue weighted by atomic mass is 10.1. The van der Waals surface area contributed by atoms with Crippen molar-refractivity contribution in [2.24, 2.45) is 5.92 Å². The Morgan fingerprint density at radius 3 is 2.91 bits per heavy atom. The summed E-state index contributed by atoms with van der Waals surface area (Å²) in [5, 5.41) is 3.79. The zero-order valence-electron chi connectivity index (χ0n) is 12.7. The summed E-state index contributed by atoms with van der Waals surface area (Å²) in [4.78, 5) is 23.2. The largest absolute Gasteiger partial charge is 0.484 e. The molecule has 1 N–H and O–H groups in total. The van der Waals surface area contributed by atoms with Gasteiger partial charge in [0.15, 0.2) is 6.61 Å². The van der Waals surface area contributed by atoms with Crippen LogP contribution in [0.25, 0.3) is 11.0 Å². The zero-order valence-corrected chi connectivity index (χ0v) is 12.7. The lowest BCUT2D eigenvalue weighted by molar-refractivity contribution is -0.123. The lowest BCUT2D eigenvalue weighted by Crippen LogP contribution is -2.37. The molecule has 0 unspecified atom stereocenters. The Kier molecular flexibility index (Phi) is 3.88. The molecule has 1 fully saturated rings. The van der Waals surface area contributed by atoms with Gasteiger partial charge in [0.2, 0.25) is 0 Å². The van der Waals surface area contributed by atoms with Crippen molar-refractivity contribution in [3.8, 4) is 5.75 Å². The normalized spacial score (nSPS) is 15.5. The van der Waals surface area contributed by atoms with Gasteiger partial charge >= 0.3 is 5.63 Å². The van der Waals surface area contributed by atoms with E-state index in [1.165, 1.54) is 18.9 Å². The maximum atomic E-state index is 11.8. The Morgan fingerprint density at radius 2 is 2.18 bits per heavy atom. The van der Waals surface area contributed by atoms with Crippen LogP contribution in [0.1, 0.15) is 25.3 Å². The van der Waals surface area contributed by atoms with E-state index >= 15 is 0 Å². The van der Waals surface area contributed by atoms with E-state index in [9.17, 15) is 9.59 Å². The number of rotatable bonds is 5. The summed E-state index contributed by atoms with van der Waals surface area (Å²) in [5.74, 6) is 0.988. The number of fused-ring (bicyclic) bond motifs is 1. The van der Waals surface area contributed by atoms with Gasteiger partial charge in [0.05, 0.1) is 0 Å². The fourth-order valence-corrected chi connectivity index (χ4v) is 2.55. The molecule has 0 spiro atoms. The number of carbonyl (C=O) groups excluding carboxylic acids is 1. The smallest absolute Gasteiger partial charge is 0.336 e. The molecule has 22 heavy (non-hydrogen) atoms. The van der Waals surface area contributed by atoms with Gasteiger partial charge in [-0.1, -0.05) is 0 Å². The van der Waals surface area contributed by atoms with E-state index in [-0.39, 0.29) is 18.6 Å². The third-order valence-corrected chi connectivity index (χ3v) is 4.01. The van der Waals surface area contributed by atoms with Gasteiger partial charge in [0.25, 0.3) is 5.91 Å². The Balaban J connectivity index is 1.66. The first-order valence-corrected chi connectivity index (χ1v) is 7.49. The summed E-state index contributed by atoms with van der Waals surface area (Å²) in [6, 6.07) is 6.89. The van der Waals surface area contributed by atoms with Crippen molar-refractivity contribution in [2.45, 2.75) is 32.7 Å². The molecule has 0 radical (unpaired) electrons. The zero-order chi connectivity index (χ0) is 15.7. The molecular formula is C17H19NO4. The molecule has 1 aliphatic carbocycles. The van der Waals surface area contributed by atoms with Gasteiger partial charge in [-0.25, -0.2) is 4.79 Å². The van der Waals surface area contributed by atoms with E-state index < -0.39 is 5.63 Å². The van der Waals surface area contributed by atoms with Crippen molar-refractivity contribution in [3.05, 3.63) is 40.2 Å². The molecule has 1 amide bonds. The molecule has 3 rings (SSSR count). The van der Waals surface area contributed by atoms with Gasteiger partial charge in [0, 0.05) is 23.6 Å². The SMILES string of the molecule is Cc1cc(=O)oc2cc(OCC(=O)N[C@H](C)C3CC3)ccc12. The van der Waals surface area contributed by atoms with Crippen LogP contribution < -0.4 is 15.7 Å². The van der Waals surface area contributed by atoms with Crippen LogP contribution in [0.3, 0.4) is 0 Å². The van der Waals surface area contributed by atoms with Crippen molar-refractivity contribution in [1.29, 1.82) is 0 Å². The third kappa shape index (κ3) is 3.30. The second-order valence-electron chi connectivity index (χ2n) is 5.89. The van der Waals surface area contributed by atoms with Gasteiger partial charge in [-0.2, -0.15) is 0 Å². The van der Waals surface area contributed by atoms with Crippen molar-refractivity contribution >= 4 is 16.9 Å². The Labute approximate surface area is 128 Å². The lowest BCUT2D eigenvalue weighted by Gasteiger charge is -2.13. The van der Waals surface area contributed by atoms with Crippen LogP contribution in [-0.4, -0.2) is 18.6 Å². The number of benzene rings is 1. The van der Waals surface area contributed by atoms with Crippen LogP contribution in [0.5, 0.6) is 5.75 Å². The average Bonchev–Trinajstić information content (AvgIpc) is 3.29. The fraction of sp³-hybridized carbons (Fsp3) is 0.412. The molecule has 1 aromatic carbocycles. The number of carbonyl (C=O) groups is 1. The number of amides is 1. The Bertz CT molecular complexity index is 761. The van der Waals surface area contributed by atoms with Gasteiger partial charge in [-0.3, -0.25) is 4.79 Å². The van der Waals surface area contributed by atoms with Gasteiger partial charge < -0.3 is 14.5 Å². The molecule has 116 valence electrons. The second-order valence-corrected chi connectivity index (χ2v) is 5.89. The molecule has 1 heterocycles. The van der Waals surface area contributed by atoms with Crippen molar-refractivity contribution in [3.63, 3.8) is 0 Å². The standard InChI is InChI=1S/C17H19NO4/c1-10-7-17(20)22-15-8-13(5-6-14(10)15)21-9-16(19)18-11(2)12-3-4-12/h5-8,11-12H,3-4,9H2,1-2H3,(H,18,19)/t11-/m1/s1. The summed E-state index contributed by atoms with van der Waals surface area (Å²) in [6.45, 7) is 3.83. The van der Waals surface area contributed by atoms with E-state index in [0.29, 0.717) is 17.3 Å². The molecule has 0 bridgehead atoms. The quantitative estimate of drug-likeness (QED) is 0.861. The highest BCUT2D eigenvalue weighted by Crippen LogP contribution is 2.32. The van der Waals surface area contributed by atoms with Gasteiger partial charge in [0.1, 0.15) is 11.3 Å². The van der Waals surface area contributed by atoms with Crippen LogP contribution in [0.15, 0.2) is 33.5 Å². The van der Waals surface area contributed by atoms with E-state index in [1.807, 2.05) is 19.9 Å². The van der Waals surface area contributed by atoms with Crippen molar-refractivity contribution in [2.75, 3.05) is 6.61 Å². The maximum absolute atomic E-state index is 11.8. The minimum Gasteiger partial charge on any atom is -0.484 e. The first kappa shape index (κ1) is 14.6. The van der Waals surface area contributed by atoms with Crippen molar-refractivity contribution < 1.29 is 13.9 Å². The number of ether oxygens (including phenoxy) is 1. The van der Waals surface area contributed by atoms with Gasteiger partial charge in [-0.15, -0.1) is 0 Å². The predicted octanol–water partition coefficient (Wildman–Crippen LogP) is 2.39. The average molecular weight is 301 g/mol. The van der Waals surface area contributed by atoms with Crippen LogP contribution in [-0.2, 0) is 4.79 Å². The summed E-state index contributed by atoms with van der Waals surface area (Å²) in [7, 11) is 0. The highest BCUT2D eigenvalue weighted by Gasteiger charge is 2.28. The monoisotopic (exact) mass is 301 g/mol. The summed E-state index contributed by atoms with van der Waals surface area (Å²) >= 11 is 0. The minimum absolute atomic E-state index is 0.0430. The third-order valence-electron chi connectivity index (χ3n) is 4.01. The summed E-state index contributed by atoms with van der Waals surface area (Å²) < 4.78 is 10.6. The van der Waals surface area contributed by atoms with Gasteiger partial charge in [-0.05, 0) is 50.3 Å². The molecule has 1 atom stereocenters. The molecule has 1 saturated carbocycles. The first-order valence-electron chi connectivity index (χ1n) is 7.49. The molecule has 5 heteroatoms. The van der Waals surface area contributed by atoms with Crippen LogP contribution >= 0.6 is 0 Å². The van der Waals surface area contributed by atoms with E-state index in [0.717, 1.165) is 10.9 Å². The molecule has 0 saturated heterocycles. The van der Waals surface area contributed by atoms with Crippen molar-refractivity contribution in [1.82, 2.24) is 5.32 Å². The number of nitrogens with one attached hydrogen (secondary N) is 1. The molecule has 2 aromatic rings. The minimum atomic E-state index is -0.391. The Morgan fingerprint density at radius 1 is 1.41 bits per heavy atom. The predicted molar refractivity (Wildman–Crippen MR) is 83.0 cm³/mol. The fourth-order valence-electron chi connectivity index (χ4n) is 2.55. The van der Waals surface area contributed by atoms with Crippen LogP contribution in [0, 0.1) is 12.8 Å². The topological polar surface area (TPSA) is 68.5 Å². The highest BCUT2D eigenvalue weighted by molar-refractivity contribution is 5.81. The molecule has 1 aromatic heterocycles. The highest BCUT2D eigenvalue weighted by atomic mass is 16.5. The van der Waals surface area contributed by atoms with Crippen LogP contribution in [0.4, 0.5) is 0 Å². The molecular weight excluding hydrogens is 282 g/mol. The van der Waals surface area contributed by atoms with E-state index in [1.54, 1.807) is 12.1 Å². The Hall–Kier alpha value is -2.30. The first-order chi connectivity index (χ1) is 10.5. The number of hydrogen-bond donors (Lipinski definition) is 1. The summed E-state index contributed by atoms with van der Waals surface area (Å²) in [5.41, 5.74) is 0.932. The second kappa shape index (κ2) is 5.83. The van der Waals surface area contributed by atoms with E-state index in [4.69, 9.17) is 9.15 Å². The van der Waals surface area contributed by atoms with Crippen LogP contribution in [0.2, 0.25) is 0 Å². The maximum Gasteiger partial charge on any atom is 0.336 e. The number of hydrogen-bond acceptors (Lipinski definition) is 4. The molecule has 0 aliphatic heterocycles. The number of aryl methyl sites for hydroxylation is 1. The molecule has 5 nitrogen and oxygen atoms in total. The molecule has 1 aliphatic rings.